The van der Waals surface area contributed by atoms with Crippen LogP contribution in [0, 0.1) is 6.92 Å². The van der Waals surface area contributed by atoms with Gasteiger partial charge < -0.3 is 14.4 Å². The standard InChI is InChI=1S/C25H26N8O4/c1-14-16(2-3-18-20(14)12-37-24(18)35)22-10-31-6-7-32(9-15(31)11-36-22)23(34)17-4-5-21-19(17)8-26-25(28-21)33-13-27-29-30-33/h2-3,8,13,15,17,22H,4-7,9-12H2,1H3/t15-,17?,22+/m0/s1. The van der Waals surface area contributed by atoms with Gasteiger partial charge in [-0.25, -0.2) is 14.8 Å². The summed E-state index contributed by atoms with van der Waals surface area (Å²) in [5.74, 6) is 0.0794. The normalized spacial score (nSPS) is 24.9. The van der Waals surface area contributed by atoms with Crippen molar-refractivity contribution in [1.29, 1.82) is 0 Å². The van der Waals surface area contributed by atoms with Crippen molar-refractivity contribution < 1.29 is 19.1 Å². The van der Waals surface area contributed by atoms with Crippen LogP contribution in [0.1, 0.15) is 56.7 Å². The number of carbonyl (C=O) groups excluding carboxylic acids is 2. The van der Waals surface area contributed by atoms with E-state index in [1.54, 1.807) is 6.20 Å². The molecule has 5 heterocycles. The monoisotopic (exact) mass is 502 g/mol. The largest absolute Gasteiger partial charge is 0.457 e. The average Bonchev–Trinajstić information content (AvgIpc) is 3.68. The van der Waals surface area contributed by atoms with Crippen LogP contribution in [0.3, 0.4) is 0 Å². The molecule has 7 rings (SSSR count). The van der Waals surface area contributed by atoms with Crippen LogP contribution in [0.25, 0.3) is 5.95 Å². The van der Waals surface area contributed by atoms with Crippen LogP contribution < -0.4 is 0 Å². The highest BCUT2D eigenvalue weighted by Crippen LogP contribution is 2.36. The Balaban J connectivity index is 1.02. The lowest BCUT2D eigenvalue weighted by Gasteiger charge is -2.46. The van der Waals surface area contributed by atoms with Gasteiger partial charge in [-0.1, -0.05) is 6.07 Å². The fourth-order valence-electron chi connectivity index (χ4n) is 6.07. The molecule has 2 saturated heterocycles. The van der Waals surface area contributed by atoms with E-state index in [0.717, 1.165) is 53.9 Å². The summed E-state index contributed by atoms with van der Waals surface area (Å²) in [5, 5.41) is 11.1. The summed E-state index contributed by atoms with van der Waals surface area (Å²) in [4.78, 5) is 38.8. The van der Waals surface area contributed by atoms with Crippen LogP contribution in [0.15, 0.2) is 24.7 Å². The fourth-order valence-corrected chi connectivity index (χ4v) is 6.07. The van der Waals surface area contributed by atoms with E-state index in [0.29, 0.717) is 37.8 Å². The van der Waals surface area contributed by atoms with Crippen LogP contribution in [0.5, 0.6) is 0 Å². The Morgan fingerprint density at radius 1 is 1.16 bits per heavy atom. The van der Waals surface area contributed by atoms with Gasteiger partial charge in [0, 0.05) is 43.5 Å². The highest BCUT2D eigenvalue weighted by molar-refractivity contribution is 5.94. The molecule has 12 nitrogen and oxygen atoms in total. The van der Waals surface area contributed by atoms with Gasteiger partial charge in [-0.05, 0) is 47.4 Å². The van der Waals surface area contributed by atoms with Gasteiger partial charge in [0.15, 0.2) is 0 Å². The minimum Gasteiger partial charge on any atom is -0.457 e. The molecule has 3 aromatic rings. The second-order valence-electron chi connectivity index (χ2n) is 10.1. The van der Waals surface area contributed by atoms with Gasteiger partial charge in [-0.15, -0.1) is 5.10 Å². The maximum Gasteiger partial charge on any atom is 0.338 e. The Morgan fingerprint density at radius 2 is 2.08 bits per heavy atom. The van der Waals surface area contributed by atoms with Gasteiger partial charge in [-0.3, -0.25) is 9.69 Å². The molecule has 190 valence electrons. The lowest BCUT2D eigenvalue weighted by Crippen LogP contribution is -2.60. The summed E-state index contributed by atoms with van der Waals surface area (Å²) in [6, 6.07) is 4.01. The first kappa shape index (κ1) is 22.4. The second kappa shape index (κ2) is 8.67. The number of morpholine rings is 1. The van der Waals surface area contributed by atoms with Crippen molar-refractivity contribution in [3.8, 4) is 5.95 Å². The number of tetrazole rings is 1. The third kappa shape index (κ3) is 3.70. The van der Waals surface area contributed by atoms with Gasteiger partial charge in [0.2, 0.25) is 5.91 Å². The Labute approximate surface area is 212 Å². The van der Waals surface area contributed by atoms with Gasteiger partial charge in [0.25, 0.3) is 5.95 Å². The summed E-state index contributed by atoms with van der Waals surface area (Å²) in [6.07, 6.45) is 4.60. The van der Waals surface area contributed by atoms with Crippen LogP contribution in [-0.2, 0) is 27.3 Å². The molecule has 2 fully saturated rings. The number of piperazine rings is 1. The van der Waals surface area contributed by atoms with Gasteiger partial charge in [0.05, 0.1) is 35.9 Å². The molecule has 0 N–H and O–H groups in total. The molecule has 37 heavy (non-hydrogen) atoms. The third-order valence-corrected chi connectivity index (χ3v) is 8.15. The molecule has 3 atom stereocenters. The molecular weight excluding hydrogens is 476 g/mol. The summed E-state index contributed by atoms with van der Waals surface area (Å²) in [5.41, 5.74) is 5.60. The summed E-state index contributed by atoms with van der Waals surface area (Å²) in [7, 11) is 0. The zero-order chi connectivity index (χ0) is 25.1. The molecule has 4 aliphatic rings. The van der Waals surface area contributed by atoms with Crippen LogP contribution in [-0.4, -0.2) is 90.7 Å². The van der Waals surface area contributed by atoms with Gasteiger partial charge >= 0.3 is 5.97 Å². The van der Waals surface area contributed by atoms with E-state index in [2.05, 4.69) is 30.4 Å². The number of benzene rings is 1. The van der Waals surface area contributed by atoms with Crippen molar-refractivity contribution in [3.63, 3.8) is 0 Å². The van der Waals surface area contributed by atoms with E-state index in [-0.39, 0.29) is 29.9 Å². The van der Waals surface area contributed by atoms with Crippen molar-refractivity contribution in [2.24, 2.45) is 0 Å². The molecule has 0 bridgehead atoms. The minimum atomic E-state index is -0.250. The second-order valence-corrected chi connectivity index (χ2v) is 10.1. The minimum absolute atomic E-state index is 0.0623. The summed E-state index contributed by atoms with van der Waals surface area (Å²) >= 11 is 0. The van der Waals surface area contributed by atoms with Crippen molar-refractivity contribution in [2.45, 2.75) is 44.4 Å². The SMILES string of the molecule is Cc1c([C@H]2CN3CCN(C(=O)C4CCc5nc(-n6cnnn6)ncc54)C[C@H]3CO2)ccc2c1COC2=O. The number of nitrogens with zero attached hydrogens (tertiary/aromatic N) is 8. The van der Waals surface area contributed by atoms with E-state index in [1.165, 1.54) is 11.0 Å². The van der Waals surface area contributed by atoms with Crippen molar-refractivity contribution in [1.82, 2.24) is 40.0 Å². The molecule has 1 unspecified atom stereocenters. The molecule has 1 aromatic carbocycles. The predicted molar refractivity (Wildman–Crippen MR) is 127 cm³/mol. The number of aromatic nitrogens is 6. The maximum atomic E-state index is 13.6. The Kier molecular flexibility index (Phi) is 5.25. The van der Waals surface area contributed by atoms with Gasteiger partial charge in [0.1, 0.15) is 12.9 Å². The molecule has 0 spiro atoms. The summed E-state index contributed by atoms with van der Waals surface area (Å²) in [6.45, 7) is 5.82. The number of fused-ring (bicyclic) bond motifs is 3. The Hall–Kier alpha value is -3.77. The maximum absolute atomic E-state index is 13.6. The number of hydrogen-bond acceptors (Lipinski definition) is 10. The molecule has 0 radical (unpaired) electrons. The first-order valence-electron chi connectivity index (χ1n) is 12.6. The number of ether oxygens (including phenoxy) is 2. The highest BCUT2D eigenvalue weighted by atomic mass is 16.5. The Morgan fingerprint density at radius 3 is 2.95 bits per heavy atom. The number of carbonyl (C=O) groups is 2. The smallest absolute Gasteiger partial charge is 0.338 e. The topological polar surface area (TPSA) is 128 Å². The average molecular weight is 503 g/mol. The molecule has 0 saturated carbocycles. The molecule has 2 aromatic heterocycles. The van der Waals surface area contributed by atoms with E-state index in [1.807, 2.05) is 24.0 Å². The number of esters is 1. The van der Waals surface area contributed by atoms with E-state index in [9.17, 15) is 9.59 Å². The number of amides is 1. The fraction of sp³-hybridized carbons (Fsp3) is 0.480. The van der Waals surface area contributed by atoms with E-state index in [4.69, 9.17) is 9.47 Å². The third-order valence-electron chi connectivity index (χ3n) is 8.15. The van der Waals surface area contributed by atoms with Crippen LogP contribution in [0.2, 0.25) is 0 Å². The zero-order valence-corrected chi connectivity index (χ0v) is 20.4. The molecule has 1 amide bonds. The lowest BCUT2D eigenvalue weighted by molar-refractivity contribution is -0.141. The number of hydrogen-bond donors (Lipinski definition) is 0. The molecule has 3 aliphatic heterocycles. The molecular formula is C25H26N8O4. The first-order chi connectivity index (χ1) is 18.1. The quantitative estimate of drug-likeness (QED) is 0.473. The van der Waals surface area contributed by atoms with Crippen LogP contribution in [0.4, 0.5) is 0 Å². The first-order valence-corrected chi connectivity index (χ1v) is 12.6. The molecule has 1 aliphatic carbocycles. The van der Waals surface area contributed by atoms with Gasteiger partial charge in [-0.2, -0.15) is 4.68 Å². The Bertz CT molecular complexity index is 1390. The number of rotatable bonds is 3. The summed E-state index contributed by atoms with van der Waals surface area (Å²) < 4.78 is 12.9. The zero-order valence-electron chi connectivity index (χ0n) is 20.4. The number of aryl methyl sites for hydroxylation is 1. The molecule has 12 heteroatoms. The van der Waals surface area contributed by atoms with E-state index < -0.39 is 0 Å². The van der Waals surface area contributed by atoms with Crippen molar-refractivity contribution >= 4 is 11.9 Å². The predicted octanol–water partition coefficient (Wildman–Crippen LogP) is 0.745. The van der Waals surface area contributed by atoms with Crippen molar-refractivity contribution in [3.05, 3.63) is 58.2 Å². The lowest BCUT2D eigenvalue weighted by atomic mass is 9.93. The highest BCUT2D eigenvalue weighted by Gasteiger charge is 2.40. The van der Waals surface area contributed by atoms with E-state index >= 15 is 0 Å². The van der Waals surface area contributed by atoms with Crippen LogP contribution >= 0.6 is 0 Å². The number of cyclic esters (lactones) is 1. The van der Waals surface area contributed by atoms with Crippen molar-refractivity contribution in [2.75, 3.05) is 32.8 Å².